The van der Waals surface area contributed by atoms with Gasteiger partial charge >= 0.3 is 6.18 Å². The maximum atomic E-state index is 12.6. The lowest BCUT2D eigenvalue weighted by atomic mass is 9.95. The third-order valence-electron chi connectivity index (χ3n) is 2.39. The van der Waals surface area contributed by atoms with Crippen LogP contribution in [-0.4, -0.2) is 11.4 Å². The largest absolute Gasteiger partial charge is 0.507 e. The smallest absolute Gasteiger partial charge is 0.420 e. The lowest BCUT2D eigenvalue weighted by molar-refractivity contribution is -0.138. The quantitative estimate of drug-likeness (QED) is 0.846. The fraction of sp³-hybridized carbons (Fsp3) is 0.364. The molecule has 0 amide bonds. The van der Waals surface area contributed by atoms with Crippen LogP contribution in [0.4, 0.5) is 13.2 Å². The Morgan fingerprint density at radius 3 is 2.53 bits per heavy atom. The molecular formula is C11H10ClF3O2. The zero-order valence-electron chi connectivity index (χ0n) is 8.88. The lowest BCUT2D eigenvalue weighted by Gasteiger charge is -2.16. The van der Waals surface area contributed by atoms with E-state index < -0.39 is 23.4 Å². The van der Waals surface area contributed by atoms with E-state index in [1.54, 1.807) is 6.92 Å². The second-order valence-electron chi connectivity index (χ2n) is 3.69. The number of carbonyl (C=O) groups is 1. The predicted molar refractivity (Wildman–Crippen MR) is 57.2 cm³/mol. The van der Waals surface area contributed by atoms with Crippen molar-refractivity contribution in [3.63, 3.8) is 0 Å². The minimum absolute atomic E-state index is 0.0190. The third-order valence-corrected chi connectivity index (χ3v) is 2.61. The highest BCUT2D eigenvalue weighted by Gasteiger charge is 2.35. The van der Waals surface area contributed by atoms with E-state index in [4.69, 9.17) is 11.6 Å². The summed E-state index contributed by atoms with van der Waals surface area (Å²) < 4.78 is 37.7. The number of hydrogen-bond acceptors (Lipinski definition) is 2. The number of phenols is 1. The molecule has 0 heterocycles. The molecule has 1 unspecified atom stereocenters. The van der Waals surface area contributed by atoms with Gasteiger partial charge in [-0.15, -0.1) is 0 Å². The Hall–Kier alpha value is -1.23. The third kappa shape index (κ3) is 3.12. The summed E-state index contributed by atoms with van der Waals surface area (Å²) >= 11 is 5.57. The molecule has 1 aromatic rings. The molecule has 0 fully saturated rings. The van der Waals surface area contributed by atoms with Gasteiger partial charge in [0, 0.05) is 11.4 Å². The Morgan fingerprint density at radius 1 is 1.47 bits per heavy atom. The van der Waals surface area contributed by atoms with Crippen LogP contribution < -0.4 is 0 Å². The van der Waals surface area contributed by atoms with E-state index >= 15 is 0 Å². The molecular weight excluding hydrogens is 257 g/mol. The zero-order valence-corrected chi connectivity index (χ0v) is 9.64. The van der Waals surface area contributed by atoms with E-state index in [0.29, 0.717) is 12.4 Å². The minimum Gasteiger partial charge on any atom is -0.507 e. The Morgan fingerprint density at radius 2 is 2.06 bits per heavy atom. The van der Waals surface area contributed by atoms with E-state index in [-0.39, 0.29) is 17.0 Å². The Balaban J connectivity index is 3.33. The molecule has 1 N–H and O–H groups in total. The molecule has 1 aromatic carbocycles. The molecule has 1 rings (SSSR count). The summed E-state index contributed by atoms with van der Waals surface area (Å²) in [4.78, 5) is 10.3. The van der Waals surface area contributed by atoms with Gasteiger partial charge in [-0.25, -0.2) is 0 Å². The summed E-state index contributed by atoms with van der Waals surface area (Å²) in [7, 11) is 0. The predicted octanol–water partition coefficient (Wildman–Crippen LogP) is 3.76. The molecule has 0 aromatic heterocycles. The first-order valence-electron chi connectivity index (χ1n) is 4.80. The standard InChI is InChI=1S/C11H10ClF3O2/c1-6(2-3-16)8-4-7(12)5-9(10(8)17)11(13,14)15/h3-6,17H,2H2,1H3. The SMILES string of the molecule is CC(CC=O)c1cc(Cl)cc(C(F)(F)F)c1O. The van der Waals surface area contributed by atoms with Crippen molar-refractivity contribution in [1.29, 1.82) is 0 Å². The average molecular weight is 267 g/mol. The zero-order chi connectivity index (χ0) is 13.2. The lowest BCUT2D eigenvalue weighted by Crippen LogP contribution is -2.08. The van der Waals surface area contributed by atoms with Crippen LogP contribution in [0.3, 0.4) is 0 Å². The van der Waals surface area contributed by atoms with Crippen LogP contribution in [0.5, 0.6) is 5.75 Å². The molecule has 0 radical (unpaired) electrons. The van der Waals surface area contributed by atoms with Crippen LogP contribution in [0.15, 0.2) is 12.1 Å². The molecule has 2 nitrogen and oxygen atoms in total. The number of benzene rings is 1. The van der Waals surface area contributed by atoms with Crippen LogP contribution in [0, 0.1) is 0 Å². The van der Waals surface area contributed by atoms with Crippen LogP contribution in [0.25, 0.3) is 0 Å². The van der Waals surface area contributed by atoms with Crippen molar-refractivity contribution >= 4 is 17.9 Å². The second kappa shape index (κ2) is 4.96. The summed E-state index contributed by atoms with van der Waals surface area (Å²) in [5, 5.41) is 9.43. The number of aldehydes is 1. The molecule has 0 aliphatic heterocycles. The summed E-state index contributed by atoms with van der Waals surface area (Å²) in [5.41, 5.74) is -1.16. The van der Waals surface area contributed by atoms with E-state index in [9.17, 15) is 23.1 Å². The van der Waals surface area contributed by atoms with Gasteiger partial charge in [-0.2, -0.15) is 13.2 Å². The van der Waals surface area contributed by atoms with Gasteiger partial charge in [0.15, 0.2) is 0 Å². The van der Waals surface area contributed by atoms with Crippen molar-refractivity contribution in [3.8, 4) is 5.75 Å². The van der Waals surface area contributed by atoms with E-state index in [1.807, 2.05) is 0 Å². The maximum Gasteiger partial charge on any atom is 0.420 e. The molecule has 0 saturated carbocycles. The van der Waals surface area contributed by atoms with Crippen LogP contribution in [0.1, 0.15) is 30.4 Å². The van der Waals surface area contributed by atoms with Gasteiger partial charge in [-0.05, 0) is 23.6 Å². The highest BCUT2D eigenvalue weighted by atomic mass is 35.5. The Bertz CT molecular complexity index is 429. The average Bonchev–Trinajstić information content (AvgIpc) is 2.19. The van der Waals surface area contributed by atoms with Crippen LogP contribution in [0.2, 0.25) is 5.02 Å². The van der Waals surface area contributed by atoms with Gasteiger partial charge in [0.2, 0.25) is 0 Å². The van der Waals surface area contributed by atoms with Gasteiger partial charge in [-0.3, -0.25) is 0 Å². The van der Waals surface area contributed by atoms with Crippen molar-refractivity contribution in [2.45, 2.75) is 25.4 Å². The number of aromatic hydroxyl groups is 1. The number of alkyl halides is 3. The molecule has 0 aliphatic carbocycles. The van der Waals surface area contributed by atoms with Crippen LogP contribution in [-0.2, 0) is 11.0 Å². The van der Waals surface area contributed by atoms with Gasteiger partial charge in [0.1, 0.15) is 12.0 Å². The van der Waals surface area contributed by atoms with Crippen molar-refractivity contribution in [3.05, 3.63) is 28.3 Å². The topological polar surface area (TPSA) is 37.3 Å². The monoisotopic (exact) mass is 266 g/mol. The maximum absolute atomic E-state index is 12.6. The fourth-order valence-electron chi connectivity index (χ4n) is 1.48. The van der Waals surface area contributed by atoms with Crippen molar-refractivity contribution in [1.82, 2.24) is 0 Å². The van der Waals surface area contributed by atoms with Gasteiger partial charge in [-0.1, -0.05) is 18.5 Å². The first kappa shape index (κ1) is 13.8. The van der Waals surface area contributed by atoms with Crippen molar-refractivity contribution in [2.24, 2.45) is 0 Å². The number of phenolic OH excluding ortho intramolecular Hbond substituents is 1. The number of rotatable bonds is 3. The number of halogens is 4. The highest BCUT2D eigenvalue weighted by Crippen LogP contribution is 2.42. The summed E-state index contributed by atoms with van der Waals surface area (Å²) in [5.74, 6) is -1.39. The molecule has 94 valence electrons. The Labute approximate surface area is 101 Å². The molecule has 0 aliphatic rings. The summed E-state index contributed by atoms with van der Waals surface area (Å²) in [6.07, 6.45) is -4.08. The fourth-order valence-corrected chi connectivity index (χ4v) is 1.71. The van der Waals surface area contributed by atoms with Crippen LogP contribution >= 0.6 is 11.6 Å². The molecule has 0 saturated heterocycles. The number of hydrogen-bond donors (Lipinski definition) is 1. The highest BCUT2D eigenvalue weighted by molar-refractivity contribution is 6.30. The normalized spacial score (nSPS) is 13.5. The van der Waals surface area contributed by atoms with E-state index in [2.05, 4.69) is 0 Å². The first-order chi connectivity index (χ1) is 7.77. The molecule has 6 heteroatoms. The second-order valence-corrected chi connectivity index (χ2v) is 4.13. The molecule has 17 heavy (non-hydrogen) atoms. The van der Waals surface area contributed by atoms with Gasteiger partial charge < -0.3 is 9.90 Å². The van der Waals surface area contributed by atoms with Gasteiger partial charge in [0.05, 0.1) is 5.56 Å². The molecule has 0 spiro atoms. The van der Waals surface area contributed by atoms with E-state index in [0.717, 1.165) is 0 Å². The molecule has 0 bridgehead atoms. The first-order valence-corrected chi connectivity index (χ1v) is 5.18. The Kier molecular flexibility index (Phi) is 4.03. The summed E-state index contributed by atoms with van der Waals surface area (Å²) in [6.45, 7) is 1.54. The van der Waals surface area contributed by atoms with Gasteiger partial charge in [0.25, 0.3) is 0 Å². The molecule has 1 atom stereocenters. The minimum atomic E-state index is -4.68. The van der Waals surface area contributed by atoms with Crippen molar-refractivity contribution < 1.29 is 23.1 Å². The number of carbonyl (C=O) groups excluding carboxylic acids is 1. The van der Waals surface area contributed by atoms with Crippen molar-refractivity contribution in [2.75, 3.05) is 0 Å². The summed E-state index contributed by atoms with van der Waals surface area (Å²) in [6, 6.07) is 1.90. The van der Waals surface area contributed by atoms with E-state index in [1.165, 1.54) is 6.07 Å².